The maximum atomic E-state index is 5.66. The first-order valence-corrected chi connectivity index (χ1v) is 6.41. The molecular weight excluding hydrogens is 230 g/mol. The second-order valence-electron chi connectivity index (χ2n) is 4.13. The van der Waals surface area contributed by atoms with Gasteiger partial charge >= 0.3 is 0 Å². The van der Waals surface area contributed by atoms with Crippen molar-refractivity contribution in [2.75, 3.05) is 6.54 Å². The predicted octanol–water partition coefficient (Wildman–Crippen LogP) is 2.51. The average Bonchev–Trinajstić information content (AvgIpc) is 3.04. The molecule has 5 nitrogen and oxygen atoms in total. The summed E-state index contributed by atoms with van der Waals surface area (Å²) >= 11 is 0. The Morgan fingerprint density at radius 1 is 1.28 bits per heavy atom. The highest BCUT2D eigenvalue weighted by Crippen LogP contribution is 2.15. The van der Waals surface area contributed by atoms with Gasteiger partial charge in [0.2, 0.25) is 11.8 Å². The van der Waals surface area contributed by atoms with Crippen molar-refractivity contribution >= 4 is 0 Å². The molecule has 0 fully saturated rings. The summed E-state index contributed by atoms with van der Waals surface area (Å²) in [6, 6.07) is 3.98. The monoisotopic (exact) mass is 249 g/mol. The number of hydrogen-bond acceptors (Lipinski definition) is 5. The molecule has 5 heteroatoms. The molecule has 2 aromatic rings. The Morgan fingerprint density at radius 3 is 2.83 bits per heavy atom. The second-order valence-corrected chi connectivity index (χ2v) is 4.13. The number of rotatable bonds is 7. The van der Waals surface area contributed by atoms with Crippen LogP contribution in [-0.2, 0) is 12.8 Å². The molecule has 2 aromatic heterocycles. The maximum absolute atomic E-state index is 5.66. The van der Waals surface area contributed by atoms with Gasteiger partial charge in [-0.2, -0.15) is 0 Å². The summed E-state index contributed by atoms with van der Waals surface area (Å²) in [5, 5.41) is 11.5. The van der Waals surface area contributed by atoms with Crippen LogP contribution in [0.5, 0.6) is 0 Å². The molecule has 18 heavy (non-hydrogen) atoms. The van der Waals surface area contributed by atoms with Crippen LogP contribution >= 0.6 is 0 Å². The van der Waals surface area contributed by atoms with Crippen molar-refractivity contribution in [2.45, 2.75) is 39.2 Å². The molecule has 0 radical (unpaired) electrons. The van der Waals surface area contributed by atoms with Gasteiger partial charge in [-0.3, -0.25) is 0 Å². The lowest BCUT2D eigenvalue weighted by Gasteiger charge is -2.09. The van der Waals surface area contributed by atoms with Gasteiger partial charge in [-0.25, -0.2) is 0 Å². The maximum Gasteiger partial charge on any atom is 0.233 e. The van der Waals surface area contributed by atoms with E-state index in [1.165, 1.54) is 0 Å². The van der Waals surface area contributed by atoms with Crippen molar-refractivity contribution < 1.29 is 8.83 Å². The normalized spacial score (nSPS) is 12.8. The minimum Gasteiger partial charge on any atom is -0.469 e. The molecule has 1 N–H and O–H groups in total. The Bertz CT molecular complexity index is 451. The van der Waals surface area contributed by atoms with Gasteiger partial charge in [0, 0.05) is 12.8 Å². The standard InChI is InChI=1S/C13H19N3O2/c1-3-11(14-4-2)13-16-15-12(18-13)8-7-10-6-5-9-17-10/h5-6,9,11,14H,3-4,7-8H2,1-2H3. The molecule has 0 spiro atoms. The third-order valence-electron chi connectivity index (χ3n) is 2.80. The molecule has 0 aromatic carbocycles. The third kappa shape index (κ3) is 3.20. The van der Waals surface area contributed by atoms with E-state index >= 15 is 0 Å². The molecule has 0 bridgehead atoms. The first-order valence-electron chi connectivity index (χ1n) is 6.41. The van der Waals surface area contributed by atoms with Crippen molar-refractivity contribution in [1.82, 2.24) is 15.5 Å². The van der Waals surface area contributed by atoms with E-state index in [1.807, 2.05) is 12.1 Å². The van der Waals surface area contributed by atoms with E-state index in [0.29, 0.717) is 18.2 Å². The molecule has 0 saturated heterocycles. The molecule has 1 unspecified atom stereocenters. The van der Waals surface area contributed by atoms with Crippen molar-refractivity contribution in [1.29, 1.82) is 0 Å². The van der Waals surface area contributed by atoms with Gasteiger partial charge in [0.25, 0.3) is 0 Å². The summed E-state index contributed by atoms with van der Waals surface area (Å²) in [5.74, 6) is 2.28. The second kappa shape index (κ2) is 6.35. The largest absolute Gasteiger partial charge is 0.469 e. The zero-order chi connectivity index (χ0) is 12.8. The van der Waals surface area contributed by atoms with Crippen molar-refractivity contribution in [3.63, 3.8) is 0 Å². The van der Waals surface area contributed by atoms with Crippen molar-refractivity contribution in [3.8, 4) is 0 Å². The summed E-state index contributed by atoms with van der Waals surface area (Å²) in [4.78, 5) is 0. The van der Waals surface area contributed by atoms with Gasteiger partial charge in [-0.1, -0.05) is 13.8 Å². The van der Waals surface area contributed by atoms with Crippen LogP contribution in [0, 0.1) is 0 Å². The Morgan fingerprint density at radius 2 is 2.17 bits per heavy atom. The van der Waals surface area contributed by atoms with Gasteiger partial charge in [0.1, 0.15) is 5.76 Å². The molecule has 0 amide bonds. The molecular formula is C13H19N3O2. The Labute approximate surface area is 107 Å². The van der Waals surface area contributed by atoms with Crippen LogP contribution in [0.1, 0.15) is 43.9 Å². The molecule has 98 valence electrons. The summed E-state index contributed by atoms with van der Waals surface area (Å²) in [7, 11) is 0. The first kappa shape index (κ1) is 12.8. The number of hydrogen-bond donors (Lipinski definition) is 1. The predicted molar refractivity (Wildman–Crippen MR) is 67.1 cm³/mol. The lowest BCUT2D eigenvalue weighted by atomic mass is 10.2. The minimum absolute atomic E-state index is 0.153. The molecule has 0 aliphatic heterocycles. The number of aryl methyl sites for hydroxylation is 2. The highest BCUT2D eigenvalue weighted by molar-refractivity contribution is 5.00. The van der Waals surface area contributed by atoms with E-state index in [-0.39, 0.29) is 6.04 Å². The molecule has 0 saturated carbocycles. The summed E-state index contributed by atoms with van der Waals surface area (Å²) < 4.78 is 10.9. The summed E-state index contributed by atoms with van der Waals surface area (Å²) in [6.45, 7) is 5.06. The van der Waals surface area contributed by atoms with Crippen LogP contribution in [0.3, 0.4) is 0 Å². The van der Waals surface area contributed by atoms with Gasteiger partial charge in [0.15, 0.2) is 0 Å². The van der Waals surface area contributed by atoms with Crippen LogP contribution in [0.25, 0.3) is 0 Å². The first-order chi connectivity index (χ1) is 8.83. The van der Waals surface area contributed by atoms with Crippen LogP contribution in [0.4, 0.5) is 0 Å². The van der Waals surface area contributed by atoms with E-state index < -0.39 is 0 Å². The zero-order valence-corrected chi connectivity index (χ0v) is 10.8. The topological polar surface area (TPSA) is 64.1 Å². The van der Waals surface area contributed by atoms with Gasteiger partial charge in [0.05, 0.1) is 12.3 Å². The van der Waals surface area contributed by atoms with Crippen LogP contribution in [-0.4, -0.2) is 16.7 Å². The fourth-order valence-electron chi connectivity index (χ4n) is 1.85. The Balaban J connectivity index is 1.92. The van der Waals surface area contributed by atoms with E-state index in [9.17, 15) is 0 Å². The summed E-state index contributed by atoms with van der Waals surface area (Å²) in [5.41, 5.74) is 0. The van der Waals surface area contributed by atoms with Gasteiger partial charge in [-0.05, 0) is 25.1 Å². The fraction of sp³-hybridized carbons (Fsp3) is 0.538. The van der Waals surface area contributed by atoms with Crippen molar-refractivity contribution in [2.24, 2.45) is 0 Å². The van der Waals surface area contributed by atoms with E-state index in [2.05, 4.69) is 29.4 Å². The van der Waals surface area contributed by atoms with E-state index in [4.69, 9.17) is 8.83 Å². The summed E-state index contributed by atoms with van der Waals surface area (Å²) in [6.07, 6.45) is 4.11. The highest BCUT2D eigenvalue weighted by Gasteiger charge is 2.15. The zero-order valence-electron chi connectivity index (χ0n) is 10.8. The Kier molecular flexibility index (Phi) is 4.52. The molecule has 2 heterocycles. The minimum atomic E-state index is 0.153. The van der Waals surface area contributed by atoms with Gasteiger partial charge in [-0.15, -0.1) is 10.2 Å². The number of aromatic nitrogens is 2. The third-order valence-corrected chi connectivity index (χ3v) is 2.80. The van der Waals surface area contributed by atoms with E-state index in [0.717, 1.165) is 25.1 Å². The van der Waals surface area contributed by atoms with Crippen LogP contribution in [0.15, 0.2) is 27.2 Å². The quantitative estimate of drug-likeness (QED) is 0.816. The average molecular weight is 249 g/mol. The lowest BCUT2D eigenvalue weighted by Crippen LogP contribution is -2.20. The van der Waals surface area contributed by atoms with Crippen LogP contribution < -0.4 is 5.32 Å². The SMILES string of the molecule is CCNC(CC)c1nnc(CCc2ccco2)o1. The highest BCUT2D eigenvalue weighted by atomic mass is 16.4. The smallest absolute Gasteiger partial charge is 0.233 e. The number of furan rings is 1. The Hall–Kier alpha value is -1.62. The molecule has 1 atom stereocenters. The molecule has 0 aliphatic carbocycles. The number of nitrogens with one attached hydrogen (secondary N) is 1. The van der Waals surface area contributed by atoms with Crippen LogP contribution in [0.2, 0.25) is 0 Å². The van der Waals surface area contributed by atoms with E-state index in [1.54, 1.807) is 6.26 Å². The van der Waals surface area contributed by atoms with Crippen molar-refractivity contribution in [3.05, 3.63) is 35.9 Å². The fourth-order valence-corrected chi connectivity index (χ4v) is 1.85. The number of nitrogens with zero attached hydrogens (tertiary/aromatic N) is 2. The molecule has 0 aliphatic rings. The molecule has 2 rings (SSSR count). The lowest BCUT2D eigenvalue weighted by molar-refractivity contribution is 0.374. The van der Waals surface area contributed by atoms with Gasteiger partial charge < -0.3 is 14.2 Å².